The van der Waals surface area contributed by atoms with Gasteiger partial charge in [-0.1, -0.05) is 0 Å². The summed E-state index contributed by atoms with van der Waals surface area (Å²) in [4.78, 5) is 27.9. The van der Waals surface area contributed by atoms with Crippen LogP contribution in [0.1, 0.15) is 43.0 Å². The van der Waals surface area contributed by atoms with Gasteiger partial charge in [-0.15, -0.1) is 11.3 Å². The van der Waals surface area contributed by atoms with Crippen LogP contribution in [-0.2, 0) is 11.3 Å². The molecule has 7 nitrogen and oxygen atoms in total. The molecule has 0 radical (unpaired) electrons. The third-order valence-electron chi connectivity index (χ3n) is 4.91. The molecule has 31 heavy (non-hydrogen) atoms. The van der Waals surface area contributed by atoms with Crippen LogP contribution >= 0.6 is 11.3 Å². The Balaban J connectivity index is 1.34. The summed E-state index contributed by atoms with van der Waals surface area (Å²) in [7, 11) is 0. The van der Waals surface area contributed by atoms with Crippen molar-refractivity contribution in [2.45, 2.75) is 45.4 Å². The van der Waals surface area contributed by atoms with Crippen LogP contribution in [0.15, 0.2) is 48.1 Å². The third kappa shape index (κ3) is 5.86. The Morgan fingerprint density at radius 1 is 1.23 bits per heavy atom. The Kier molecular flexibility index (Phi) is 6.89. The molecule has 3 heterocycles. The molecular formula is C23H26N4O3S. The Morgan fingerprint density at radius 2 is 2.00 bits per heavy atom. The van der Waals surface area contributed by atoms with Gasteiger partial charge in [-0.3, -0.25) is 4.90 Å². The van der Waals surface area contributed by atoms with Crippen LogP contribution in [0.3, 0.4) is 0 Å². The molecule has 0 bridgehead atoms. The topological polar surface area (TPSA) is 77.4 Å². The smallest absolute Gasteiger partial charge is 0.358 e. The fraction of sp³-hybridized carbons (Fsp3) is 0.391. The van der Waals surface area contributed by atoms with E-state index in [1.165, 1.54) is 11.3 Å². The number of carbonyl (C=O) groups is 1. The molecule has 1 saturated heterocycles. The molecule has 1 atom stereocenters. The first-order valence-corrected chi connectivity index (χ1v) is 11.4. The lowest BCUT2D eigenvalue weighted by molar-refractivity contribution is 0.00475. The molecule has 1 aliphatic rings. The van der Waals surface area contributed by atoms with Crippen molar-refractivity contribution >= 4 is 17.3 Å². The van der Waals surface area contributed by atoms with E-state index in [4.69, 9.17) is 9.47 Å². The second-order valence-electron chi connectivity index (χ2n) is 7.80. The van der Waals surface area contributed by atoms with E-state index in [-0.39, 0.29) is 18.2 Å². The highest BCUT2D eigenvalue weighted by Crippen LogP contribution is 2.27. The lowest BCUT2D eigenvalue weighted by atomic mass is 10.1. The predicted octanol–water partition coefficient (Wildman–Crippen LogP) is 4.21. The lowest BCUT2D eigenvalue weighted by Gasteiger charge is -2.31. The summed E-state index contributed by atoms with van der Waals surface area (Å²) in [6, 6.07) is 9.55. The second kappa shape index (κ2) is 9.98. The van der Waals surface area contributed by atoms with E-state index in [0.29, 0.717) is 18.8 Å². The highest BCUT2D eigenvalue weighted by molar-refractivity contribution is 7.13. The average Bonchev–Trinajstić information content (AvgIpc) is 3.25. The number of ether oxygens (including phenoxy) is 2. The third-order valence-corrected chi connectivity index (χ3v) is 5.80. The monoisotopic (exact) mass is 438 g/mol. The van der Waals surface area contributed by atoms with Crippen molar-refractivity contribution in [1.82, 2.24) is 19.9 Å². The highest BCUT2D eigenvalue weighted by atomic mass is 32.1. The molecule has 1 fully saturated rings. The summed E-state index contributed by atoms with van der Waals surface area (Å²) in [6.07, 6.45) is 5.29. The predicted molar refractivity (Wildman–Crippen MR) is 119 cm³/mol. The minimum Gasteiger partial charge on any atom is -0.491 e. The van der Waals surface area contributed by atoms with Gasteiger partial charge in [-0.25, -0.2) is 19.7 Å². The van der Waals surface area contributed by atoms with Gasteiger partial charge in [0.2, 0.25) is 0 Å². The number of hydrogen-bond acceptors (Lipinski definition) is 8. The molecule has 1 aromatic carbocycles. The summed E-state index contributed by atoms with van der Waals surface area (Å²) in [6.45, 7) is 6.27. The van der Waals surface area contributed by atoms with E-state index in [2.05, 4.69) is 19.9 Å². The van der Waals surface area contributed by atoms with Crippen molar-refractivity contribution in [2.75, 3.05) is 13.1 Å². The number of piperidine rings is 1. The van der Waals surface area contributed by atoms with Gasteiger partial charge >= 0.3 is 5.97 Å². The van der Waals surface area contributed by atoms with Crippen LogP contribution in [0.25, 0.3) is 10.6 Å². The number of esters is 1. The van der Waals surface area contributed by atoms with Crippen molar-refractivity contribution in [3.63, 3.8) is 0 Å². The van der Waals surface area contributed by atoms with Crippen LogP contribution in [0.2, 0.25) is 0 Å². The van der Waals surface area contributed by atoms with Crippen molar-refractivity contribution < 1.29 is 14.3 Å². The van der Waals surface area contributed by atoms with Gasteiger partial charge < -0.3 is 9.47 Å². The molecule has 0 unspecified atom stereocenters. The van der Waals surface area contributed by atoms with Crippen molar-refractivity contribution in [3.8, 4) is 16.3 Å². The molecule has 0 saturated carbocycles. The van der Waals surface area contributed by atoms with Crippen molar-refractivity contribution in [1.29, 1.82) is 0 Å². The zero-order valence-electron chi connectivity index (χ0n) is 17.7. The van der Waals surface area contributed by atoms with E-state index in [9.17, 15) is 4.79 Å². The van der Waals surface area contributed by atoms with Gasteiger partial charge in [0.05, 0.1) is 12.6 Å². The second-order valence-corrected chi connectivity index (χ2v) is 8.66. The Hall–Kier alpha value is -2.84. The van der Waals surface area contributed by atoms with Crippen LogP contribution in [0, 0.1) is 0 Å². The summed E-state index contributed by atoms with van der Waals surface area (Å²) in [5, 5.41) is 2.55. The fourth-order valence-electron chi connectivity index (χ4n) is 3.52. The first-order valence-electron chi connectivity index (χ1n) is 10.5. The fourth-order valence-corrected chi connectivity index (χ4v) is 4.32. The number of thiazole rings is 1. The molecule has 162 valence electrons. The maximum atomic E-state index is 12.7. The summed E-state index contributed by atoms with van der Waals surface area (Å²) in [5.41, 5.74) is 1.30. The molecule has 4 rings (SSSR count). The Labute approximate surface area is 186 Å². The molecular weight excluding hydrogens is 412 g/mol. The number of rotatable bonds is 7. The summed E-state index contributed by atoms with van der Waals surface area (Å²) >= 11 is 1.44. The Morgan fingerprint density at radius 3 is 2.74 bits per heavy atom. The zero-order valence-corrected chi connectivity index (χ0v) is 18.5. The van der Waals surface area contributed by atoms with Crippen LogP contribution in [0.5, 0.6) is 5.75 Å². The molecule has 0 spiro atoms. The first kappa shape index (κ1) is 21.4. The lowest BCUT2D eigenvalue weighted by Crippen LogP contribution is -2.40. The van der Waals surface area contributed by atoms with Crippen LogP contribution in [-0.4, -0.2) is 51.1 Å². The van der Waals surface area contributed by atoms with Gasteiger partial charge in [-0.2, -0.15) is 0 Å². The van der Waals surface area contributed by atoms with Crippen LogP contribution in [0.4, 0.5) is 0 Å². The molecule has 1 aliphatic heterocycles. The number of benzene rings is 1. The quantitative estimate of drug-likeness (QED) is 0.511. The zero-order chi connectivity index (χ0) is 21.6. The van der Waals surface area contributed by atoms with Gasteiger partial charge in [0, 0.05) is 29.9 Å². The van der Waals surface area contributed by atoms with Crippen LogP contribution < -0.4 is 4.74 Å². The largest absolute Gasteiger partial charge is 0.491 e. The van der Waals surface area contributed by atoms with E-state index in [1.54, 1.807) is 23.8 Å². The molecule has 0 amide bonds. The number of likely N-dealkylation sites (tertiary alicyclic amines) is 1. The molecule has 3 aromatic rings. The van der Waals surface area contributed by atoms with Gasteiger partial charge in [0.15, 0.2) is 5.69 Å². The summed E-state index contributed by atoms with van der Waals surface area (Å²) in [5.74, 6) is 1.23. The minimum atomic E-state index is -0.370. The van der Waals surface area contributed by atoms with Gasteiger partial charge in [0.1, 0.15) is 22.7 Å². The van der Waals surface area contributed by atoms with Gasteiger partial charge in [0.25, 0.3) is 0 Å². The standard InChI is InChI=1S/C23H26N4O3S/c1-16(2)29-18-8-6-17(7-9-18)22-26-20(15-31-22)23(28)30-19-5-3-12-27(13-19)14-21-24-10-4-11-25-21/h4,6-11,15-16,19H,3,5,12-14H2,1-2H3/t19-/m0/s1. The van der Waals surface area contributed by atoms with E-state index >= 15 is 0 Å². The molecule has 0 N–H and O–H groups in total. The highest BCUT2D eigenvalue weighted by Gasteiger charge is 2.25. The SMILES string of the molecule is CC(C)Oc1ccc(-c2nc(C(=O)O[C@H]3CCCN(Cc4ncccn4)C3)cs2)cc1. The van der Waals surface area contributed by atoms with Crippen molar-refractivity contribution in [2.24, 2.45) is 0 Å². The maximum absolute atomic E-state index is 12.7. The normalized spacial score (nSPS) is 16.9. The average molecular weight is 439 g/mol. The van der Waals surface area contributed by atoms with E-state index < -0.39 is 0 Å². The van der Waals surface area contributed by atoms with Crippen molar-refractivity contribution in [3.05, 3.63) is 59.6 Å². The minimum absolute atomic E-state index is 0.128. The molecule has 0 aliphatic carbocycles. The Bertz CT molecular complexity index is 992. The maximum Gasteiger partial charge on any atom is 0.358 e. The van der Waals surface area contributed by atoms with Gasteiger partial charge in [-0.05, 0) is 63.6 Å². The first-order chi connectivity index (χ1) is 15.1. The molecule has 8 heteroatoms. The number of carbonyl (C=O) groups excluding carboxylic acids is 1. The molecule has 2 aromatic heterocycles. The number of aromatic nitrogens is 3. The number of nitrogens with zero attached hydrogens (tertiary/aromatic N) is 4. The summed E-state index contributed by atoms with van der Waals surface area (Å²) < 4.78 is 11.4. The van der Waals surface area contributed by atoms with E-state index in [1.807, 2.05) is 38.1 Å². The number of hydrogen-bond donors (Lipinski definition) is 0. The van der Waals surface area contributed by atoms with E-state index in [0.717, 1.165) is 41.5 Å².